The van der Waals surface area contributed by atoms with Crippen LogP contribution in [0, 0.1) is 5.41 Å². The van der Waals surface area contributed by atoms with E-state index in [4.69, 9.17) is 16.2 Å². The van der Waals surface area contributed by atoms with Crippen LogP contribution in [0.15, 0.2) is 11.3 Å². The highest BCUT2D eigenvalue weighted by Gasteiger charge is 2.25. The topological polar surface area (TPSA) is 96.4 Å². The average molecular weight is 142 g/mol. The van der Waals surface area contributed by atoms with E-state index in [1.165, 1.54) is 0 Å². The van der Waals surface area contributed by atoms with Gasteiger partial charge in [0.15, 0.2) is 0 Å². The van der Waals surface area contributed by atoms with Crippen molar-refractivity contribution in [3.05, 3.63) is 11.3 Å². The van der Waals surface area contributed by atoms with Crippen LogP contribution in [0.25, 0.3) is 0 Å². The van der Waals surface area contributed by atoms with Gasteiger partial charge < -0.3 is 15.6 Å². The van der Waals surface area contributed by atoms with Gasteiger partial charge in [0.25, 0.3) is 0 Å². The molecule has 1 rings (SSSR count). The van der Waals surface area contributed by atoms with E-state index in [1.807, 2.05) is 0 Å². The van der Waals surface area contributed by atoms with Gasteiger partial charge >= 0.3 is 5.97 Å². The van der Waals surface area contributed by atoms with E-state index in [0.29, 0.717) is 0 Å². The number of carbonyl (C=O) groups is 1. The molecule has 0 atom stereocenters. The number of hydrogen-bond donors (Lipinski definition) is 3. The van der Waals surface area contributed by atoms with E-state index in [2.05, 4.69) is 4.74 Å². The number of aliphatic hydroxyl groups excluding tert-OH is 1. The summed E-state index contributed by atoms with van der Waals surface area (Å²) in [5.74, 6) is -1.69. The molecule has 0 bridgehead atoms. The maximum absolute atomic E-state index is 10.4. The molecule has 0 saturated heterocycles. The normalized spacial score (nSPS) is 17.4. The molecule has 0 radical (unpaired) electrons. The Morgan fingerprint density at radius 2 is 2.40 bits per heavy atom. The van der Waals surface area contributed by atoms with Crippen LogP contribution >= 0.6 is 0 Å². The molecule has 0 unspecified atom stereocenters. The van der Waals surface area contributed by atoms with Gasteiger partial charge in [0.2, 0.25) is 5.76 Å². The molecule has 5 heteroatoms. The molecule has 1 aliphatic heterocycles. The van der Waals surface area contributed by atoms with Gasteiger partial charge in [-0.05, 0) is 0 Å². The zero-order valence-corrected chi connectivity index (χ0v) is 5.05. The lowest BCUT2D eigenvalue weighted by molar-refractivity contribution is -0.138. The quantitative estimate of drug-likeness (QED) is 0.256. The Kier molecular flexibility index (Phi) is 1.33. The number of rotatable bonds is 1. The molecule has 10 heavy (non-hydrogen) atoms. The van der Waals surface area contributed by atoms with E-state index < -0.39 is 11.7 Å². The van der Waals surface area contributed by atoms with Crippen LogP contribution < -0.4 is 5.73 Å². The van der Waals surface area contributed by atoms with Crippen LogP contribution in [0.2, 0.25) is 0 Å². The van der Waals surface area contributed by atoms with Crippen LogP contribution in [-0.4, -0.2) is 23.5 Å². The third kappa shape index (κ3) is 0.812. The first-order valence-corrected chi connectivity index (χ1v) is 2.56. The molecule has 5 nitrogen and oxygen atoms in total. The fourth-order valence-electron chi connectivity index (χ4n) is 0.603. The molecule has 0 aromatic heterocycles. The van der Waals surface area contributed by atoms with Gasteiger partial charge in [-0.25, -0.2) is 4.79 Å². The molecule has 0 aromatic carbocycles. The molecule has 0 aliphatic carbocycles. The van der Waals surface area contributed by atoms with Crippen LogP contribution in [0.4, 0.5) is 0 Å². The largest absolute Gasteiger partial charge is 0.501 e. The predicted octanol–water partition coefficient (Wildman–Crippen LogP) is -0.709. The molecule has 54 valence electrons. The van der Waals surface area contributed by atoms with E-state index in [9.17, 15) is 4.79 Å². The summed E-state index contributed by atoms with van der Waals surface area (Å²) in [4.78, 5) is 10.4. The Morgan fingerprint density at radius 3 is 2.60 bits per heavy atom. The number of esters is 1. The molecule has 0 fully saturated rings. The first kappa shape index (κ1) is 6.60. The van der Waals surface area contributed by atoms with Gasteiger partial charge in [-0.2, -0.15) is 0 Å². The second kappa shape index (κ2) is 2.02. The predicted molar refractivity (Wildman–Crippen MR) is 32.5 cm³/mol. The van der Waals surface area contributed by atoms with Crippen molar-refractivity contribution >= 4 is 11.8 Å². The highest BCUT2D eigenvalue weighted by molar-refractivity contribution is 6.04. The Bertz CT molecular complexity index is 231. The van der Waals surface area contributed by atoms with Gasteiger partial charge in [-0.3, -0.25) is 5.41 Å². The first-order valence-electron chi connectivity index (χ1n) is 2.56. The Labute approximate surface area is 56.6 Å². The number of ether oxygens (including phenoxy) is 1. The minimum atomic E-state index is -0.815. The second-order valence-electron chi connectivity index (χ2n) is 1.82. The highest BCUT2D eigenvalue weighted by atomic mass is 16.6. The molecule has 0 spiro atoms. The Balaban J connectivity index is 2.96. The lowest BCUT2D eigenvalue weighted by atomic mass is 10.2. The van der Waals surface area contributed by atoms with Crippen molar-refractivity contribution < 1.29 is 14.6 Å². The number of aliphatic hydroxyl groups is 1. The van der Waals surface area contributed by atoms with E-state index in [1.54, 1.807) is 0 Å². The zero-order valence-electron chi connectivity index (χ0n) is 5.05. The molecular formula is C5H6N2O3. The van der Waals surface area contributed by atoms with Crippen molar-refractivity contribution in [1.29, 1.82) is 5.41 Å². The monoisotopic (exact) mass is 142 g/mol. The number of hydrogen-bond acceptors (Lipinski definition) is 4. The third-order valence-corrected chi connectivity index (χ3v) is 1.15. The lowest BCUT2D eigenvalue weighted by Gasteiger charge is -1.92. The second-order valence-corrected chi connectivity index (χ2v) is 1.82. The number of nitrogens with one attached hydrogen (secondary N) is 1. The summed E-state index contributed by atoms with van der Waals surface area (Å²) in [5.41, 5.74) is 5.04. The van der Waals surface area contributed by atoms with E-state index in [-0.39, 0.29) is 18.0 Å². The first-order chi connectivity index (χ1) is 4.63. The summed E-state index contributed by atoms with van der Waals surface area (Å²) in [6.07, 6.45) is 0. The van der Waals surface area contributed by atoms with Gasteiger partial charge in [0.05, 0.1) is 5.57 Å². The maximum atomic E-state index is 10.4. The molecule has 0 saturated carbocycles. The molecule has 0 aromatic rings. The van der Waals surface area contributed by atoms with Crippen LogP contribution in [-0.2, 0) is 9.53 Å². The lowest BCUT2D eigenvalue weighted by Crippen LogP contribution is -2.15. The Morgan fingerprint density at radius 1 is 1.80 bits per heavy atom. The molecular weight excluding hydrogens is 136 g/mol. The van der Waals surface area contributed by atoms with Gasteiger partial charge in [-0.1, -0.05) is 0 Å². The van der Waals surface area contributed by atoms with Crippen LogP contribution in [0.1, 0.15) is 0 Å². The van der Waals surface area contributed by atoms with Gasteiger partial charge in [0, 0.05) is 0 Å². The molecule has 1 aliphatic rings. The number of carbonyl (C=O) groups excluding carboxylic acids is 1. The summed E-state index contributed by atoms with van der Waals surface area (Å²) in [7, 11) is 0. The average Bonchev–Trinajstić information content (AvgIpc) is 2.14. The van der Waals surface area contributed by atoms with Gasteiger partial charge in [0.1, 0.15) is 12.4 Å². The highest BCUT2D eigenvalue weighted by Crippen LogP contribution is 2.11. The third-order valence-electron chi connectivity index (χ3n) is 1.15. The number of amidine groups is 1. The summed E-state index contributed by atoms with van der Waals surface area (Å²) < 4.78 is 4.36. The minimum Gasteiger partial charge on any atom is -0.501 e. The summed E-state index contributed by atoms with van der Waals surface area (Å²) >= 11 is 0. The molecule has 1 heterocycles. The van der Waals surface area contributed by atoms with Crippen LogP contribution in [0.3, 0.4) is 0 Å². The van der Waals surface area contributed by atoms with Crippen molar-refractivity contribution in [2.24, 2.45) is 5.73 Å². The number of cyclic esters (lactones) is 1. The molecule has 0 amide bonds. The van der Waals surface area contributed by atoms with Crippen molar-refractivity contribution in [2.45, 2.75) is 0 Å². The van der Waals surface area contributed by atoms with Crippen molar-refractivity contribution in [2.75, 3.05) is 6.61 Å². The minimum absolute atomic E-state index is 0.0602. The molecule has 4 N–H and O–H groups in total. The fraction of sp³-hybridized carbons (Fsp3) is 0.200. The van der Waals surface area contributed by atoms with Crippen molar-refractivity contribution in [3.8, 4) is 0 Å². The van der Waals surface area contributed by atoms with E-state index in [0.717, 1.165) is 0 Å². The SMILES string of the molecule is N=C(N)C1=C(O)C(=O)OC1. The summed E-state index contributed by atoms with van der Waals surface area (Å²) in [6, 6.07) is 0. The Hall–Kier alpha value is -1.52. The summed E-state index contributed by atoms with van der Waals surface area (Å²) in [6.45, 7) is -0.0972. The van der Waals surface area contributed by atoms with Gasteiger partial charge in [-0.15, -0.1) is 0 Å². The van der Waals surface area contributed by atoms with Crippen molar-refractivity contribution in [1.82, 2.24) is 0 Å². The summed E-state index contributed by atoms with van der Waals surface area (Å²) in [5, 5.41) is 15.7. The smallest absolute Gasteiger partial charge is 0.374 e. The van der Waals surface area contributed by atoms with Crippen molar-refractivity contribution in [3.63, 3.8) is 0 Å². The van der Waals surface area contributed by atoms with E-state index >= 15 is 0 Å². The maximum Gasteiger partial charge on any atom is 0.374 e. The fourth-order valence-corrected chi connectivity index (χ4v) is 0.603. The number of nitrogens with two attached hydrogens (primary N) is 1. The van der Waals surface area contributed by atoms with Crippen LogP contribution in [0.5, 0.6) is 0 Å². The standard InChI is InChI=1S/C5H6N2O3/c6-4(7)2-1-10-5(9)3(2)8/h8H,1H2,(H3,6,7). The zero-order chi connectivity index (χ0) is 7.72.